The zero-order valence-electron chi connectivity index (χ0n) is 9.20. The van der Waals surface area contributed by atoms with E-state index in [0.717, 1.165) is 12.8 Å². The molecule has 78 valence electrons. The fraction of sp³-hybridized carbons (Fsp3) is 0.727. The van der Waals surface area contributed by atoms with Gasteiger partial charge in [-0.05, 0) is 30.2 Å². The lowest BCUT2D eigenvalue weighted by Gasteiger charge is -2.50. The molecular weight excluding hydrogens is 174 g/mol. The molecule has 3 nitrogen and oxygen atoms in total. The summed E-state index contributed by atoms with van der Waals surface area (Å²) in [7, 11) is 1.96. The Bertz CT molecular complexity index is 327. The zero-order valence-corrected chi connectivity index (χ0v) is 9.20. The summed E-state index contributed by atoms with van der Waals surface area (Å²) in [5, 5.41) is 4.40. The molecule has 1 aliphatic carbocycles. The van der Waals surface area contributed by atoms with Crippen molar-refractivity contribution in [3.8, 4) is 0 Å². The minimum atomic E-state index is 0.289. The number of nitrogens with zero attached hydrogens (tertiary/aromatic N) is 2. The summed E-state index contributed by atoms with van der Waals surface area (Å²) in [6.07, 6.45) is 4.21. The number of nitrogens with two attached hydrogens (primary N) is 1. The van der Waals surface area contributed by atoms with Gasteiger partial charge in [0.25, 0.3) is 0 Å². The lowest BCUT2D eigenvalue weighted by atomic mass is 9.57. The monoisotopic (exact) mass is 193 g/mol. The summed E-state index contributed by atoms with van der Waals surface area (Å²) in [6.45, 7) is 4.52. The quantitative estimate of drug-likeness (QED) is 0.770. The molecule has 2 unspecified atom stereocenters. The average molecular weight is 193 g/mol. The van der Waals surface area contributed by atoms with Crippen molar-refractivity contribution in [2.24, 2.45) is 24.1 Å². The summed E-state index contributed by atoms with van der Waals surface area (Å²) < 4.78 is 1.86. The van der Waals surface area contributed by atoms with Crippen LogP contribution in [-0.2, 0) is 13.5 Å². The lowest BCUT2D eigenvalue weighted by Crippen LogP contribution is -2.55. The van der Waals surface area contributed by atoms with E-state index in [1.165, 1.54) is 5.69 Å². The second-order valence-electron chi connectivity index (χ2n) is 5.05. The molecule has 1 aromatic rings. The van der Waals surface area contributed by atoms with Gasteiger partial charge in [-0.3, -0.25) is 4.68 Å². The minimum Gasteiger partial charge on any atom is -0.327 e. The zero-order chi connectivity index (χ0) is 10.3. The molecule has 14 heavy (non-hydrogen) atoms. The van der Waals surface area contributed by atoms with E-state index in [9.17, 15) is 0 Å². The minimum absolute atomic E-state index is 0.289. The topological polar surface area (TPSA) is 43.8 Å². The Balaban J connectivity index is 2.00. The first-order valence-electron chi connectivity index (χ1n) is 5.24. The van der Waals surface area contributed by atoms with Crippen LogP contribution < -0.4 is 5.73 Å². The van der Waals surface area contributed by atoms with Gasteiger partial charge in [0.1, 0.15) is 0 Å². The largest absolute Gasteiger partial charge is 0.327 e. The van der Waals surface area contributed by atoms with Gasteiger partial charge < -0.3 is 5.73 Å². The van der Waals surface area contributed by atoms with E-state index in [-0.39, 0.29) is 5.41 Å². The summed E-state index contributed by atoms with van der Waals surface area (Å²) in [5.41, 5.74) is 7.46. The predicted octanol–water partition coefficient (Wildman–Crippen LogP) is 1.34. The van der Waals surface area contributed by atoms with Crippen molar-refractivity contribution < 1.29 is 0 Å². The van der Waals surface area contributed by atoms with Crippen molar-refractivity contribution in [3.05, 3.63) is 18.0 Å². The highest BCUT2D eigenvalue weighted by atomic mass is 15.2. The van der Waals surface area contributed by atoms with Gasteiger partial charge >= 0.3 is 0 Å². The lowest BCUT2D eigenvalue weighted by molar-refractivity contribution is 0.0375. The Kier molecular flexibility index (Phi) is 2.14. The summed E-state index contributed by atoms with van der Waals surface area (Å²) in [4.78, 5) is 0. The van der Waals surface area contributed by atoms with Crippen LogP contribution in [-0.4, -0.2) is 15.8 Å². The molecule has 1 saturated carbocycles. The molecule has 0 amide bonds. The van der Waals surface area contributed by atoms with Gasteiger partial charge in [-0.1, -0.05) is 13.8 Å². The standard InChI is InChI=1S/C11H19N3/c1-11(2)8(7-10(11)12)6-9-4-5-14(3)13-9/h4-5,8,10H,6-7,12H2,1-3H3. The number of hydrogen-bond acceptors (Lipinski definition) is 2. The van der Waals surface area contributed by atoms with Gasteiger partial charge in [-0.25, -0.2) is 0 Å². The van der Waals surface area contributed by atoms with Crippen molar-refractivity contribution in [1.82, 2.24) is 9.78 Å². The SMILES string of the molecule is Cn1ccc(CC2CC(N)C2(C)C)n1. The van der Waals surface area contributed by atoms with E-state index in [0.29, 0.717) is 12.0 Å². The normalized spacial score (nSPS) is 30.0. The van der Waals surface area contributed by atoms with E-state index in [4.69, 9.17) is 5.73 Å². The number of rotatable bonds is 2. The number of hydrogen-bond donors (Lipinski definition) is 1. The van der Waals surface area contributed by atoms with E-state index >= 15 is 0 Å². The Hall–Kier alpha value is -0.830. The van der Waals surface area contributed by atoms with Crippen LogP contribution in [0.25, 0.3) is 0 Å². The van der Waals surface area contributed by atoms with Crippen LogP contribution in [0.3, 0.4) is 0 Å². The first-order chi connectivity index (χ1) is 6.50. The number of aromatic nitrogens is 2. The van der Waals surface area contributed by atoms with Crippen molar-refractivity contribution in [2.75, 3.05) is 0 Å². The number of aryl methyl sites for hydroxylation is 1. The van der Waals surface area contributed by atoms with Crippen LogP contribution in [0.1, 0.15) is 26.0 Å². The molecule has 0 spiro atoms. The van der Waals surface area contributed by atoms with E-state index in [2.05, 4.69) is 25.0 Å². The van der Waals surface area contributed by atoms with E-state index in [1.54, 1.807) is 0 Å². The Morgan fingerprint density at radius 3 is 2.79 bits per heavy atom. The summed E-state index contributed by atoms with van der Waals surface area (Å²) >= 11 is 0. The van der Waals surface area contributed by atoms with Crippen LogP contribution in [0.5, 0.6) is 0 Å². The first-order valence-corrected chi connectivity index (χ1v) is 5.24. The van der Waals surface area contributed by atoms with Gasteiger partial charge in [0.15, 0.2) is 0 Å². The molecule has 1 aliphatic rings. The van der Waals surface area contributed by atoms with Crippen LogP contribution in [0, 0.1) is 11.3 Å². The smallest absolute Gasteiger partial charge is 0.0627 e. The third-order valence-corrected chi connectivity index (χ3v) is 3.77. The third-order valence-electron chi connectivity index (χ3n) is 3.77. The van der Waals surface area contributed by atoms with E-state index < -0.39 is 0 Å². The Morgan fingerprint density at radius 2 is 2.36 bits per heavy atom. The molecule has 1 aromatic heterocycles. The summed E-state index contributed by atoms with van der Waals surface area (Å²) in [5.74, 6) is 0.701. The summed E-state index contributed by atoms with van der Waals surface area (Å²) in [6, 6.07) is 2.47. The fourth-order valence-electron chi connectivity index (χ4n) is 2.23. The fourth-order valence-corrected chi connectivity index (χ4v) is 2.23. The second kappa shape index (κ2) is 3.09. The third kappa shape index (κ3) is 1.46. The molecule has 0 aliphatic heterocycles. The van der Waals surface area contributed by atoms with Gasteiger partial charge in [-0.15, -0.1) is 0 Å². The molecule has 2 atom stereocenters. The van der Waals surface area contributed by atoms with Crippen molar-refractivity contribution in [2.45, 2.75) is 32.7 Å². The molecule has 1 fully saturated rings. The van der Waals surface area contributed by atoms with E-state index in [1.807, 2.05) is 17.9 Å². The molecular formula is C11H19N3. The molecule has 0 bridgehead atoms. The van der Waals surface area contributed by atoms with Crippen molar-refractivity contribution >= 4 is 0 Å². The molecule has 2 N–H and O–H groups in total. The maximum absolute atomic E-state index is 5.98. The molecule has 0 aromatic carbocycles. The van der Waals surface area contributed by atoms with Crippen LogP contribution >= 0.6 is 0 Å². The Morgan fingerprint density at radius 1 is 1.64 bits per heavy atom. The van der Waals surface area contributed by atoms with Crippen LogP contribution in [0.4, 0.5) is 0 Å². The van der Waals surface area contributed by atoms with Gasteiger partial charge in [0.05, 0.1) is 5.69 Å². The molecule has 0 radical (unpaired) electrons. The highest BCUT2D eigenvalue weighted by molar-refractivity contribution is 5.07. The van der Waals surface area contributed by atoms with Crippen LogP contribution in [0.2, 0.25) is 0 Å². The maximum atomic E-state index is 5.98. The maximum Gasteiger partial charge on any atom is 0.0627 e. The first kappa shape index (κ1) is 9.71. The van der Waals surface area contributed by atoms with Gasteiger partial charge in [0, 0.05) is 19.3 Å². The molecule has 3 heteroatoms. The second-order valence-corrected chi connectivity index (χ2v) is 5.05. The van der Waals surface area contributed by atoms with Crippen molar-refractivity contribution in [1.29, 1.82) is 0 Å². The molecule has 2 rings (SSSR count). The molecule has 0 saturated heterocycles. The van der Waals surface area contributed by atoms with Crippen LogP contribution in [0.15, 0.2) is 12.3 Å². The van der Waals surface area contributed by atoms with Gasteiger partial charge in [-0.2, -0.15) is 5.10 Å². The predicted molar refractivity (Wildman–Crippen MR) is 56.8 cm³/mol. The average Bonchev–Trinajstić information content (AvgIpc) is 2.51. The molecule has 1 heterocycles. The van der Waals surface area contributed by atoms with Gasteiger partial charge in [0.2, 0.25) is 0 Å². The highest BCUT2D eigenvalue weighted by Gasteiger charge is 2.45. The van der Waals surface area contributed by atoms with Crippen molar-refractivity contribution in [3.63, 3.8) is 0 Å². The highest BCUT2D eigenvalue weighted by Crippen LogP contribution is 2.46. The Labute approximate surface area is 85.3 Å².